The molecular formula is C19H31Cl2N3O. The quantitative estimate of drug-likeness (QED) is 0.706. The molecule has 0 saturated carbocycles. The van der Waals surface area contributed by atoms with E-state index < -0.39 is 0 Å². The van der Waals surface area contributed by atoms with Crippen LogP contribution in [0.2, 0.25) is 0 Å². The Balaban J connectivity index is 0.00000156. The number of piperidine rings is 1. The van der Waals surface area contributed by atoms with E-state index in [-0.39, 0.29) is 30.7 Å². The third kappa shape index (κ3) is 6.14. The van der Waals surface area contributed by atoms with Crippen LogP contribution in [0, 0.1) is 0 Å². The molecule has 0 aliphatic carbocycles. The van der Waals surface area contributed by atoms with Crippen LogP contribution in [0.5, 0.6) is 0 Å². The highest BCUT2D eigenvalue weighted by Crippen LogP contribution is 2.36. The van der Waals surface area contributed by atoms with E-state index in [2.05, 4.69) is 45.9 Å². The molecule has 0 aromatic heterocycles. The van der Waals surface area contributed by atoms with Gasteiger partial charge in [-0.2, -0.15) is 0 Å². The number of amides is 1. The molecule has 1 aromatic carbocycles. The van der Waals surface area contributed by atoms with Gasteiger partial charge in [0.15, 0.2) is 0 Å². The fourth-order valence-electron chi connectivity index (χ4n) is 4.17. The van der Waals surface area contributed by atoms with E-state index >= 15 is 0 Å². The zero-order valence-corrected chi connectivity index (χ0v) is 16.6. The molecule has 2 atom stereocenters. The first-order chi connectivity index (χ1) is 11.3. The van der Waals surface area contributed by atoms with Crippen molar-refractivity contribution in [1.82, 2.24) is 15.5 Å². The maximum Gasteiger partial charge on any atom is 0.220 e. The Bertz CT molecular complexity index is 501. The average molecular weight is 388 g/mol. The van der Waals surface area contributed by atoms with Crippen LogP contribution in [0.1, 0.15) is 44.1 Å². The normalized spacial score (nSPS) is 24.9. The maximum atomic E-state index is 12.0. The molecule has 2 aliphatic heterocycles. The molecule has 142 valence electrons. The van der Waals surface area contributed by atoms with Crippen molar-refractivity contribution in [3.8, 4) is 0 Å². The van der Waals surface area contributed by atoms with E-state index in [4.69, 9.17) is 0 Å². The van der Waals surface area contributed by atoms with Crippen LogP contribution < -0.4 is 10.6 Å². The Morgan fingerprint density at radius 3 is 2.36 bits per heavy atom. The van der Waals surface area contributed by atoms with Gasteiger partial charge in [0.05, 0.1) is 0 Å². The summed E-state index contributed by atoms with van der Waals surface area (Å²) in [5.74, 6) is 0.223. The van der Waals surface area contributed by atoms with E-state index in [1.165, 1.54) is 18.4 Å². The molecular weight excluding hydrogens is 357 g/mol. The second-order valence-corrected chi connectivity index (χ2v) is 6.99. The van der Waals surface area contributed by atoms with E-state index in [1.54, 1.807) is 0 Å². The molecule has 0 radical (unpaired) electrons. The van der Waals surface area contributed by atoms with Crippen molar-refractivity contribution in [2.75, 3.05) is 13.6 Å². The molecule has 6 heteroatoms. The standard InChI is InChI=1S/C19H29N3O.2ClH/c1-20-11-5-8-19(23)21-16-12-17-9-10-18(13-16)22(17)14-15-6-3-2-4-7-15;;/h2-4,6-7,16-18,20H,5,8-14H2,1H3,(H,21,23);2*1H. The van der Waals surface area contributed by atoms with Gasteiger partial charge in [-0.3, -0.25) is 9.69 Å². The number of benzene rings is 1. The topological polar surface area (TPSA) is 44.4 Å². The Kier molecular flexibility index (Phi) is 9.80. The van der Waals surface area contributed by atoms with Gasteiger partial charge in [-0.25, -0.2) is 0 Å². The number of rotatable bonds is 7. The van der Waals surface area contributed by atoms with Crippen molar-refractivity contribution in [2.45, 2.75) is 63.2 Å². The summed E-state index contributed by atoms with van der Waals surface area (Å²) in [7, 11) is 1.93. The molecule has 2 saturated heterocycles. The van der Waals surface area contributed by atoms with Crippen molar-refractivity contribution in [3.63, 3.8) is 0 Å². The molecule has 3 rings (SSSR count). The lowest BCUT2D eigenvalue weighted by molar-refractivity contribution is -0.122. The van der Waals surface area contributed by atoms with Crippen molar-refractivity contribution in [3.05, 3.63) is 35.9 Å². The Morgan fingerprint density at radius 2 is 1.76 bits per heavy atom. The highest BCUT2D eigenvalue weighted by molar-refractivity contribution is 5.85. The van der Waals surface area contributed by atoms with Crippen molar-refractivity contribution in [2.24, 2.45) is 0 Å². The van der Waals surface area contributed by atoms with Gasteiger partial charge in [0, 0.05) is 31.1 Å². The first kappa shape index (κ1) is 22.2. The molecule has 2 unspecified atom stereocenters. The Labute approximate surface area is 163 Å². The molecule has 0 spiro atoms. The lowest BCUT2D eigenvalue weighted by Crippen LogP contribution is -2.50. The van der Waals surface area contributed by atoms with E-state index in [0.717, 1.165) is 32.4 Å². The van der Waals surface area contributed by atoms with Crippen LogP contribution in [0.3, 0.4) is 0 Å². The van der Waals surface area contributed by atoms with Gasteiger partial charge in [-0.15, -0.1) is 24.8 Å². The monoisotopic (exact) mass is 387 g/mol. The summed E-state index contributed by atoms with van der Waals surface area (Å²) in [6.45, 7) is 1.97. The minimum atomic E-state index is 0. The molecule has 25 heavy (non-hydrogen) atoms. The van der Waals surface area contributed by atoms with Gasteiger partial charge in [0.1, 0.15) is 0 Å². The van der Waals surface area contributed by atoms with Crippen molar-refractivity contribution < 1.29 is 4.79 Å². The molecule has 2 heterocycles. The molecule has 2 aliphatic rings. The van der Waals surface area contributed by atoms with Crippen LogP contribution in [0.15, 0.2) is 30.3 Å². The summed E-state index contributed by atoms with van der Waals surface area (Å²) >= 11 is 0. The number of hydrogen-bond donors (Lipinski definition) is 2. The maximum absolute atomic E-state index is 12.0. The predicted molar refractivity (Wildman–Crippen MR) is 108 cm³/mol. The third-order valence-corrected chi connectivity index (χ3v) is 5.29. The van der Waals surface area contributed by atoms with Crippen LogP contribution >= 0.6 is 24.8 Å². The van der Waals surface area contributed by atoms with Gasteiger partial charge in [0.2, 0.25) is 5.91 Å². The van der Waals surface area contributed by atoms with Crippen LogP contribution in [0.25, 0.3) is 0 Å². The average Bonchev–Trinajstić information content (AvgIpc) is 2.79. The van der Waals surface area contributed by atoms with Crippen LogP contribution in [-0.4, -0.2) is 42.5 Å². The number of nitrogens with zero attached hydrogens (tertiary/aromatic N) is 1. The Morgan fingerprint density at radius 1 is 1.12 bits per heavy atom. The number of hydrogen-bond acceptors (Lipinski definition) is 3. The lowest BCUT2D eigenvalue weighted by Gasteiger charge is -2.39. The summed E-state index contributed by atoms with van der Waals surface area (Å²) in [4.78, 5) is 14.7. The van der Waals surface area contributed by atoms with E-state index in [0.29, 0.717) is 24.5 Å². The molecule has 2 bridgehead atoms. The minimum absolute atomic E-state index is 0. The van der Waals surface area contributed by atoms with Gasteiger partial charge >= 0.3 is 0 Å². The smallest absolute Gasteiger partial charge is 0.220 e. The molecule has 4 nitrogen and oxygen atoms in total. The second kappa shape index (κ2) is 11.0. The number of carbonyl (C=O) groups excluding carboxylic acids is 1. The number of carbonyl (C=O) groups is 1. The van der Waals surface area contributed by atoms with Gasteiger partial charge in [-0.1, -0.05) is 30.3 Å². The predicted octanol–water partition coefficient (Wildman–Crippen LogP) is 3.14. The van der Waals surface area contributed by atoms with Crippen molar-refractivity contribution >= 4 is 30.7 Å². The highest BCUT2D eigenvalue weighted by atomic mass is 35.5. The zero-order valence-electron chi connectivity index (χ0n) is 14.9. The third-order valence-electron chi connectivity index (χ3n) is 5.29. The van der Waals surface area contributed by atoms with Gasteiger partial charge < -0.3 is 10.6 Å². The largest absolute Gasteiger partial charge is 0.353 e. The molecule has 1 amide bonds. The Hall–Kier alpha value is -0.810. The first-order valence-electron chi connectivity index (χ1n) is 9.00. The fourth-order valence-corrected chi connectivity index (χ4v) is 4.17. The highest BCUT2D eigenvalue weighted by Gasteiger charge is 2.40. The fraction of sp³-hybridized carbons (Fsp3) is 0.632. The second-order valence-electron chi connectivity index (χ2n) is 6.99. The summed E-state index contributed by atoms with van der Waals surface area (Å²) in [6.07, 6.45) is 6.35. The number of fused-ring (bicyclic) bond motifs is 2. The summed E-state index contributed by atoms with van der Waals surface area (Å²) in [5, 5.41) is 6.36. The molecule has 1 aromatic rings. The molecule has 2 fully saturated rings. The summed E-state index contributed by atoms with van der Waals surface area (Å²) in [5.41, 5.74) is 1.40. The molecule has 2 N–H and O–H groups in total. The lowest BCUT2D eigenvalue weighted by atomic mass is 9.96. The van der Waals surface area contributed by atoms with E-state index in [9.17, 15) is 4.79 Å². The SMILES string of the molecule is CNCCCC(=O)NC1CC2CCC(C1)N2Cc1ccccc1.Cl.Cl. The minimum Gasteiger partial charge on any atom is -0.353 e. The van der Waals surface area contributed by atoms with Crippen molar-refractivity contribution in [1.29, 1.82) is 0 Å². The van der Waals surface area contributed by atoms with Crippen LogP contribution in [0.4, 0.5) is 0 Å². The van der Waals surface area contributed by atoms with E-state index in [1.807, 2.05) is 7.05 Å². The van der Waals surface area contributed by atoms with Gasteiger partial charge in [-0.05, 0) is 51.3 Å². The van der Waals surface area contributed by atoms with Gasteiger partial charge in [0.25, 0.3) is 0 Å². The zero-order chi connectivity index (χ0) is 16.1. The number of nitrogens with one attached hydrogen (secondary N) is 2. The summed E-state index contributed by atoms with van der Waals surface area (Å²) < 4.78 is 0. The number of halogens is 2. The van der Waals surface area contributed by atoms with Crippen LogP contribution in [-0.2, 0) is 11.3 Å². The summed E-state index contributed by atoms with van der Waals surface area (Å²) in [6, 6.07) is 12.4. The first-order valence-corrected chi connectivity index (χ1v) is 9.00.